The number of benzene rings is 2. The van der Waals surface area contributed by atoms with Crippen molar-refractivity contribution in [3.8, 4) is 5.75 Å². The van der Waals surface area contributed by atoms with Crippen LogP contribution >= 0.6 is 11.6 Å². The second kappa shape index (κ2) is 8.01. The second-order valence-corrected chi connectivity index (χ2v) is 7.05. The molecule has 1 saturated heterocycles. The Labute approximate surface area is 165 Å². The number of alkyl halides is 3. The van der Waals surface area contributed by atoms with Crippen molar-refractivity contribution in [2.24, 2.45) is 0 Å². The number of halogens is 4. The molecule has 2 aromatic carbocycles. The van der Waals surface area contributed by atoms with Gasteiger partial charge in [0.2, 0.25) is 0 Å². The number of carboxylic acid groups (broad SMARTS) is 1. The number of rotatable bonds is 5. The average Bonchev–Trinajstić information content (AvgIpc) is 3.12. The Morgan fingerprint density at radius 1 is 1.21 bits per heavy atom. The molecule has 0 radical (unpaired) electrons. The van der Waals surface area contributed by atoms with E-state index in [-0.39, 0.29) is 5.02 Å². The zero-order valence-corrected chi connectivity index (χ0v) is 15.8. The van der Waals surface area contributed by atoms with Crippen molar-refractivity contribution >= 4 is 17.6 Å². The second-order valence-electron chi connectivity index (χ2n) is 6.65. The Balaban J connectivity index is 2.12. The summed E-state index contributed by atoms with van der Waals surface area (Å²) < 4.78 is 45.2. The summed E-state index contributed by atoms with van der Waals surface area (Å²) in [6.45, 7) is 0.470. The number of hydrogen-bond acceptors (Lipinski definition) is 3. The Kier molecular flexibility index (Phi) is 5.86. The molecule has 0 saturated carbocycles. The fourth-order valence-corrected chi connectivity index (χ4v) is 3.88. The summed E-state index contributed by atoms with van der Waals surface area (Å²) in [7, 11) is 1.52. The molecule has 3 rings (SSSR count). The molecule has 150 valence electrons. The molecule has 0 spiro atoms. The van der Waals surface area contributed by atoms with Gasteiger partial charge in [0.05, 0.1) is 23.7 Å². The van der Waals surface area contributed by atoms with Crippen LogP contribution in [0.25, 0.3) is 0 Å². The van der Waals surface area contributed by atoms with Gasteiger partial charge in [-0.25, -0.2) is 0 Å². The van der Waals surface area contributed by atoms with Crippen molar-refractivity contribution in [1.82, 2.24) is 4.90 Å². The van der Waals surface area contributed by atoms with Crippen LogP contribution in [0.5, 0.6) is 5.75 Å². The summed E-state index contributed by atoms with van der Waals surface area (Å²) in [5.74, 6) is -0.383. The third-order valence-corrected chi connectivity index (χ3v) is 5.28. The van der Waals surface area contributed by atoms with E-state index in [2.05, 4.69) is 0 Å². The predicted octanol–water partition coefficient (Wildman–Crippen LogP) is 5.01. The molecule has 1 aliphatic rings. The molecule has 2 atom stereocenters. The van der Waals surface area contributed by atoms with Crippen LogP contribution in [-0.2, 0) is 11.0 Å². The summed E-state index contributed by atoms with van der Waals surface area (Å²) in [5, 5.41) is 9.19. The molecule has 8 heteroatoms. The van der Waals surface area contributed by atoms with Crippen LogP contribution in [0.2, 0.25) is 5.02 Å². The number of hydrogen-bond donors (Lipinski definition) is 1. The lowest BCUT2D eigenvalue weighted by Gasteiger charge is -2.32. The molecule has 4 nitrogen and oxygen atoms in total. The summed E-state index contributed by atoms with van der Waals surface area (Å²) in [5.41, 5.74) is 0.0932. The summed E-state index contributed by atoms with van der Waals surface area (Å²) in [4.78, 5) is 13.4. The Morgan fingerprint density at radius 3 is 2.43 bits per heavy atom. The minimum atomic E-state index is -4.60. The minimum absolute atomic E-state index is 0.343. The smallest absolute Gasteiger partial charge is 0.417 e. The lowest BCUT2D eigenvalue weighted by atomic mass is 9.94. The van der Waals surface area contributed by atoms with Crippen LogP contribution in [0.4, 0.5) is 13.2 Å². The van der Waals surface area contributed by atoms with E-state index in [9.17, 15) is 23.1 Å². The predicted molar refractivity (Wildman–Crippen MR) is 98.7 cm³/mol. The van der Waals surface area contributed by atoms with Gasteiger partial charge in [0.1, 0.15) is 11.8 Å². The first kappa shape index (κ1) is 20.5. The molecule has 0 aliphatic carbocycles. The maximum atomic E-state index is 13.4. The fraction of sp³-hybridized carbons (Fsp3) is 0.350. The largest absolute Gasteiger partial charge is 0.497 e. The van der Waals surface area contributed by atoms with Crippen molar-refractivity contribution in [3.05, 3.63) is 64.2 Å². The molecule has 2 unspecified atom stereocenters. The van der Waals surface area contributed by atoms with Gasteiger partial charge in [0.15, 0.2) is 0 Å². The van der Waals surface area contributed by atoms with Gasteiger partial charge in [-0.1, -0.05) is 29.8 Å². The van der Waals surface area contributed by atoms with Gasteiger partial charge in [-0.05, 0) is 48.2 Å². The van der Waals surface area contributed by atoms with E-state index in [1.807, 2.05) is 0 Å². The molecular weight excluding hydrogens is 395 g/mol. The van der Waals surface area contributed by atoms with Crippen molar-refractivity contribution in [2.45, 2.75) is 31.1 Å². The zero-order chi connectivity index (χ0) is 20.5. The standard InChI is InChI=1S/C20H19ClF3NO3/c1-28-14-7-4-12(5-8-14)18(25-10-2-3-17(25)19(26)27)13-6-9-16(21)15(11-13)20(22,23)24/h4-9,11,17-18H,2-3,10H2,1H3,(H,26,27). The third-order valence-electron chi connectivity index (χ3n) is 4.95. The van der Waals surface area contributed by atoms with Crippen LogP contribution in [0, 0.1) is 0 Å². The van der Waals surface area contributed by atoms with E-state index in [1.165, 1.54) is 19.2 Å². The number of ether oxygens (including phenoxy) is 1. The SMILES string of the molecule is COc1ccc(C(c2ccc(Cl)c(C(F)(F)F)c2)N2CCCC2C(=O)O)cc1. The highest BCUT2D eigenvalue weighted by Gasteiger charge is 2.39. The van der Waals surface area contributed by atoms with Crippen molar-refractivity contribution < 1.29 is 27.8 Å². The van der Waals surface area contributed by atoms with E-state index in [0.717, 1.165) is 6.07 Å². The van der Waals surface area contributed by atoms with E-state index in [0.29, 0.717) is 36.3 Å². The molecule has 1 fully saturated rings. The van der Waals surface area contributed by atoms with Gasteiger partial charge in [-0.2, -0.15) is 13.2 Å². The lowest BCUT2D eigenvalue weighted by Crippen LogP contribution is -2.39. The van der Waals surface area contributed by atoms with Gasteiger partial charge in [-0.3, -0.25) is 9.69 Å². The normalized spacial score (nSPS) is 18.8. The number of aliphatic carboxylic acids is 1. The van der Waals surface area contributed by atoms with Gasteiger partial charge in [-0.15, -0.1) is 0 Å². The third kappa shape index (κ3) is 4.10. The molecular formula is C20H19ClF3NO3. The van der Waals surface area contributed by atoms with Gasteiger partial charge in [0, 0.05) is 6.54 Å². The maximum absolute atomic E-state index is 13.4. The fourth-order valence-electron chi connectivity index (χ4n) is 3.66. The number of nitrogens with zero attached hydrogens (tertiary/aromatic N) is 1. The highest BCUT2D eigenvalue weighted by Crippen LogP contribution is 2.40. The molecule has 1 heterocycles. The van der Waals surface area contributed by atoms with Crippen molar-refractivity contribution in [3.63, 3.8) is 0 Å². The quantitative estimate of drug-likeness (QED) is 0.749. The van der Waals surface area contributed by atoms with Crippen LogP contribution < -0.4 is 4.74 Å². The average molecular weight is 414 g/mol. The molecule has 2 aromatic rings. The minimum Gasteiger partial charge on any atom is -0.497 e. The summed E-state index contributed by atoms with van der Waals surface area (Å²) in [6, 6.07) is 9.21. The first-order valence-corrected chi connectivity index (χ1v) is 9.09. The molecule has 28 heavy (non-hydrogen) atoms. The monoisotopic (exact) mass is 413 g/mol. The lowest BCUT2D eigenvalue weighted by molar-refractivity contribution is -0.143. The first-order valence-electron chi connectivity index (χ1n) is 8.71. The Hall–Kier alpha value is -2.25. The van der Waals surface area contributed by atoms with Crippen LogP contribution in [0.15, 0.2) is 42.5 Å². The Bertz CT molecular complexity index is 855. The highest BCUT2D eigenvalue weighted by molar-refractivity contribution is 6.31. The number of likely N-dealkylation sites (tertiary alicyclic amines) is 1. The number of carboxylic acids is 1. The van der Waals surface area contributed by atoms with E-state index in [4.69, 9.17) is 16.3 Å². The van der Waals surface area contributed by atoms with Crippen LogP contribution in [0.1, 0.15) is 35.6 Å². The number of carbonyl (C=O) groups is 1. The van der Waals surface area contributed by atoms with E-state index in [1.54, 1.807) is 29.2 Å². The maximum Gasteiger partial charge on any atom is 0.417 e. The number of methoxy groups -OCH3 is 1. The van der Waals surface area contributed by atoms with E-state index < -0.39 is 29.8 Å². The summed E-state index contributed by atoms with van der Waals surface area (Å²) >= 11 is 5.77. The Morgan fingerprint density at radius 2 is 1.86 bits per heavy atom. The summed E-state index contributed by atoms with van der Waals surface area (Å²) in [6.07, 6.45) is -3.50. The molecule has 1 N–H and O–H groups in total. The van der Waals surface area contributed by atoms with Gasteiger partial charge in [0.25, 0.3) is 0 Å². The first-order chi connectivity index (χ1) is 13.2. The zero-order valence-electron chi connectivity index (χ0n) is 15.0. The van der Waals surface area contributed by atoms with Gasteiger partial charge < -0.3 is 9.84 Å². The van der Waals surface area contributed by atoms with Crippen LogP contribution in [0.3, 0.4) is 0 Å². The molecule has 0 amide bonds. The topological polar surface area (TPSA) is 49.8 Å². The van der Waals surface area contributed by atoms with Crippen LogP contribution in [-0.4, -0.2) is 35.7 Å². The highest BCUT2D eigenvalue weighted by atomic mass is 35.5. The van der Waals surface area contributed by atoms with Crippen molar-refractivity contribution in [1.29, 1.82) is 0 Å². The van der Waals surface area contributed by atoms with Crippen molar-refractivity contribution in [2.75, 3.05) is 13.7 Å². The van der Waals surface area contributed by atoms with E-state index >= 15 is 0 Å². The molecule has 0 aromatic heterocycles. The van der Waals surface area contributed by atoms with Gasteiger partial charge >= 0.3 is 12.1 Å². The molecule has 1 aliphatic heterocycles. The molecule has 0 bridgehead atoms.